The van der Waals surface area contributed by atoms with Gasteiger partial charge in [-0.2, -0.15) is 0 Å². The molecule has 0 aliphatic rings. The first-order valence-corrected chi connectivity index (χ1v) is 7.47. The van der Waals surface area contributed by atoms with E-state index in [1.807, 2.05) is 27.7 Å². The molecule has 122 valence electrons. The molecule has 22 heavy (non-hydrogen) atoms. The second-order valence-electron chi connectivity index (χ2n) is 5.64. The maximum absolute atomic E-state index is 11.6. The molecule has 0 aromatic heterocycles. The monoisotopic (exact) mass is 327 g/mol. The third-order valence-corrected chi connectivity index (χ3v) is 3.44. The molecule has 0 atom stereocenters. The zero-order chi connectivity index (χ0) is 16.8. The molecule has 0 heterocycles. The number of esters is 1. The van der Waals surface area contributed by atoms with Crippen molar-refractivity contribution in [3.63, 3.8) is 0 Å². The lowest BCUT2D eigenvalue weighted by Crippen LogP contribution is -2.44. The van der Waals surface area contributed by atoms with Crippen molar-refractivity contribution < 1.29 is 19.1 Å². The highest BCUT2D eigenvalue weighted by molar-refractivity contribution is 6.30. The Morgan fingerprint density at radius 2 is 1.95 bits per heavy atom. The molecule has 0 radical (unpaired) electrons. The predicted molar refractivity (Wildman–Crippen MR) is 85.2 cm³/mol. The van der Waals surface area contributed by atoms with E-state index in [1.54, 1.807) is 18.2 Å². The molecule has 1 rings (SSSR count). The summed E-state index contributed by atoms with van der Waals surface area (Å²) < 4.78 is 10.2. The van der Waals surface area contributed by atoms with Crippen LogP contribution in [0.2, 0.25) is 5.02 Å². The van der Waals surface area contributed by atoms with Crippen LogP contribution < -0.4 is 10.1 Å². The fraction of sp³-hybridized carbons (Fsp3) is 0.500. The average Bonchev–Trinajstić information content (AvgIpc) is 2.43. The minimum atomic E-state index is -0.598. The van der Waals surface area contributed by atoms with Gasteiger partial charge in [0.1, 0.15) is 5.75 Å². The number of hydrogen-bond acceptors (Lipinski definition) is 4. The lowest BCUT2D eigenvalue weighted by molar-refractivity contribution is -0.150. The van der Waals surface area contributed by atoms with Gasteiger partial charge in [-0.05, 0) is 51.0 Å². The van der Waals surface area contributed by atoms with E-state index in [4.69, 9.17) is 21.1 Å². The van der Waals surface area contributed by atoms with Crippen LogP contribution in [-0.2, 0) is 14.3 Å². The fourth-order valence-corrected chi connectivity index (χ4v) is 1.83. The number of aryl methyl sites for hydroxylation is 1. The maximum Gasteiger partial charge on any atom is 0.344 e. The topological polar surface area (TPSA) is 64.6 Å². The summed E-state index contributed by atoms with van der Waals surface area (Å²) >= 11 is 5.84. The first-order chi connectivity index (χ1) is 10.2. The number of carbonyl (C=O) groups excluding carboxylic acids is 2. The van der Waals surface area contributed by atoms with Crippen LogP contribution in [0.1, 0.15) is 32.8 Å². The summed E-state index contributed by atoms with van der Waals surface area (Å²) in [6.07, 6.45) is 0.783. The summed E-state index contributed by atoms with van der Waals surface area (Å²) in [4.78, 5) is 23.2. The van der Waals surface area contributed by atoms with Gasteiger partial charge in [0, 0.05) is 10.6 Å². The van der Waals surface area contributed by atoms with E-state index in [0.717, 1.165) is 12.0 Å². The highest BCUT2D eigenvalue weighted by Crippen LogP contribution is 2.21. The van der Waals surface area contributed by atoms with Crippen LogP contribution in [0.4, 0.5) is 0 Å². The highest BCUT2D eigenvalue weighted by atomic mass is 35.5. The first-order valence-electron chi connectivity index (χ1n) is 7.09. The van der Waals surface area contributed by atoms with Crippen molar-refractivity contribution in [3.8, 4) is 5.75 Å². The van der Waals surface area contributed by atoms with Gasteiger partial charge in [-0.25, -0.2) is 4.79 Å². The van der Waals surface area contributed by atoms with Crippen LogP contribution in [0, 0.1) is 6.92 Å². The smallest absolute Gasteiger partial charge is 0.344 e. The van der Waals surface area contributed by atoms with E-state index in [9.17, 15) is 9.59 Å². The molecule has 0 fully saturated rings. The molecule has 0 spiro atoms. The number of amides is 1. The largest absolute Gasteiger partial charge is 0.482 e. The summed E-state index contributed by atoms with van der Waals surface area (Å²) in [6.45, 7) is 7.03. The van der Waals surface area contributed by atoms with Crippen molar-refractivity contribution in [3.05, 3.63) is 28.8 Å². The Kier molecular flexibility index (Phi) is 6.68. The van der Waals surface area contributed by atoms with Crippen LogP contribution in [-0.4, -0.2) is 30.6 Å². The van der Waals surface area contributed by atoms with Gasteiger partial charge >= 0.3 is 5.97 Å². The Bertz CT molecular complexity index is 543. The second kappa shape index (κ2) is 8.03. The molecule has 0 bridgehead atoms. The molecule has 5 nitrogen and oxygen atoms in total. The fourth-order valence-electron chi connectivity index (χ4n) is 1.60. The lowest BCUT2D eigenvalue weighted by atomic mass is 10.0. The van der Waals surface area contributed by atoms with Crippen LogP contribution in [0.3, 0.4) is 0 Å². The van der Waals surface area contributed by atoms with Crippen molar-refractivity contribution in [1.82, 2.24) is 5.32 Å². The minimum absolute atomic E-state index is 0.257. The quantitative estimate of drug-likeness (QED) is 0.782. The Morgan fingerprint density at radius 1 is 1.27 bits per heavy atom. The summed E-state index contributed by atoms with van der Waals surface area (Å²) in [5.74, 6) is -0.375. The lowest BCUT2D eigenvalue weighted by Gasteiger charge is -2.24. The molecule has 0 saturated carbocycles. The molecule has 1 aromatic carbocycles. The van der Waals surface area contributed by atoms with Gasteiger partial charge in [0.2, 0.25) is 0 Å². The first kappa shape index (κ1) is 18.3. The van der Waals surface area contributed by atoms with E-state index in [0.29, 0.717) is 10.8 Å². The van der Waals surface area contributed by atoms with E-state index in [1.165, 1.54) is 0 Å². The van der Waals surface area contributed by atoms with Gasteiger partial charge in [0.05, 0.1) is 0 Å². The molecule has 1 N–H and O–H groups in total. The van der Waals surface area contributed by atoms with Crippen LogP contribution in [0.25, 0.3) is 0 Å². The zero-order valence-electron chi connectivity index (χ0n) is 13.4. The number of halogens is 1. The van der Waals surface area contributed by atoms with Gasteiger partial charge in [0.15, 0.2) is 13.2 Å². The van der Waals surface area contributed by atoms with Gasteiger partial charge in [-0.3, -0.25) is 4.79 Å². The van der Waals surface area contributed by atoms with Crippen molar-refractivity contribution in [2.24, 2.45) is 0 Å². The van der Waals surface area contributed by atoms with Crippen LogP contribution >= 0.6 is 11.6 Å². The summed E-state index contributed by atoms with van der Waals surface area (Å²) in [5.41, 5.74) is 0.503. The van der Waals surface area contributed by atoms with Crippen molar-refractivity contribution in [2.75, 3.05) is 13.2 Å². The molecule has 1 amide bonds. The Labute approximate surface area is 135 Å². The Morgan fingerprint density at radius 3 is 2.55 bits per heavy atom. The average molecular weight is 328 g/mol. The Hall–Kier alpha value is -1.75. The molecule has 0 saturated heterocycles. The SMILES string of the molecule is CCC(C)(C)NC(=O)COC(=O)COc1ccc(Cl)cc1C. The molecular formula is C16H22ClNO4. The zero-order valence-corrected chi connectivity index (χ0v) is 14.1. The number of carbonyl (C=O) groups is 2. The maximum atomic E-state index is 11.6. The van der Waals surface area contributed by atoms with Crippen molar-refractivity contribution >= 4 is 23.5 Å². The van der Waals surface area contributed by atoms with Gasteiger partial charge < -0.3 is 14.8 Å². The minimum Gasteiger partial charge on any atom is -0.482 e. The number of hydrogen-bond donors (Lipinski definition) is 1. The van der Waals surface area contributed by atoms with E-state index < -0.39 is 5.97 Å². The molecule has 0 aliphatic carbocycles. The van der Waals surface area contributed by atoms with Gasteiger partial charge in [0.25, 0.3) is 5.91 Å². The number of rotatable bonds is 7. The normalized spacial score (nSPS) is 11.0. The number of benzene rings is 1. The number of nitrogens with one attached hydrogen (secondary N) is 1. The van der Waals surface area contributed by atoms with Crippen molar-refractivity contribution in [1.29, 1.82) is 0 Å². The molecular weight excluding hydrogens is 306 g/mol. The molecule has 0 aliphatic heterocycles. The van der Waals surface area contributed by atoms with Crippen LogP contribution in [0.15, 0.2) is 18.2 Å². The van der Waals surface area contributed by atoms with E-state index in [-0.39, 0.29) is 24.7 Å². The van der Waals surface area contributed by atoms with Crippen molar-refractivity contribution in [2.45, 2.75) is 39.7 Å². The summed E-state index contributed by atoms with van der Waals surface area (Å²) in [6, 6.07) is 5.10. The third kappa shape index (κ3) is 6.35. The summed E-state index contributed by atoms with van der Waals surface area (Å²) in [5, 5.41) is 3.38. The summed E-state index contributed by atoms with van der Waals surface area (Å²) in [7, 11) is 0. The van der Waals surface area contributed by atoms with Crippen LogP contribution in [0.5, 0.6) is 5.75 Å². The molecule has 1 aromatic rings. The highest BCUT2D eigenvalue weighted by Gasteiger charge is 2.18. The predicted octanol–water partition coefficient (Wildman–Crippen LogP) is 2.88. The number of ether oxygens (including phenoxy) is 2. The Balaban J connectivity index is 2.36. The van der Waals surface area contributed by atoms with E-state index >= 15 is 0 Å². The van der Waals surface area contributed by atoms with E-state index in [2.05, 4.69) is 5.32 Å². The van der Waals surface area contributed by atoms with Gasteiger partial charge in [-0.15, -0.1) is 0 Å². The standard InChI is InChI=1S/C16H22ClNO4/c1-5-16(3,4)18-14(19)9-22-15(20)10-21-13-7-6-12(17)8-11(13)2/h6-8H,5,9-10H2,1-4H3,(H,18,19). The third-order valence-electron chi connectivity index (χ3n) is 3.21. The van der Waals surface area contributed by atoms with Gasteiger partial charge in [-0.1, -0.05) is 18.5 Å². The molecule has 0 unspecified atom stereocenters. The molecule has 6 heteroatoms. The second-order valence-corrected chi connectivity index (χ2v) is 6.08.